The predicted molar refractivity (Wildman–Crippen MR) is 89.2 cm³/mol. The molecule has 0 saturated carbocycles. The second-order valence-electron chi connectivity index (χ2n) is 6.63. The van der Waals surface area contributed by atoms with Crippen LogP contribution in [0.3, 0.4) is 0 Å². The van der Waals surface area contributed by atoms with Crippen LogP contribution in [0.2, 0.25) is 0 Å². The summed E-state index contributed by atoms with van der Waals surface area (Å²) in [5.41, 5.74) is 1.54. The molecule has 2 amide bonds. The topological polar surface area (TPSA) is 63.1 Å². The smallest absolute Gasteiger partial charge is 0.319 e. The maximum atomic E-state index is 13.1. The Morgan fingerprint density at radius 2 is 2.08 bits per heavy atom. The van der Waals surface area contributed by atoms with Crippen molar-refractivity contribution >= 4 is 11.8 Å². The molecule has 1 aromatic carbocycles. The second kappa shape index (κ2) is 6.22. The standard InChI is InChI=1S/C17H22FN5O/c1-12-15(20-21-22(12)3)19-16(24)23-10-4-9-17(23,2)11-13-5-7-14(18)8-6-13/h5-8H,4,9-11H2,1-3H3,(H,19,24)/t17-/m0/s1. The third kappa shape index (κ3) is 3.11. The zero-order valence-electron chi connectivity index (χ0n) is 14.2. The SMILES string of the molecule is Cc1c(NC(=O)N2CCC[C@@]2(C)Cc2ccc(F)cc2)nnn1C. The monoisotopic (exact) mass is 331 g/mol. The minimum absolute atomic E-state index is 0.166. The maximum Gasteiger partial charge on any atom is 0.323 e. The summed E-state index contributed by atoms with van der Waals surface area (Å²) < 4.78 is 14.7. The molecular weight excluding hydrogens is 309 g/mol. The van der Waals surface area contributed by atoms with Gasteiger partial charge in [0.15, 0.2) is 5.82 Å². The summed E-state index contributed by atoms with van der Waals surface area (Å²) in [4.78, 5) is 14.6. The highest BCUT2D eigenvalue weighted by molar-refractivity contribution is 5.89. The largest absolute Gasteiger partial charge is 0.323 e. The van der Waals surface area contributed by atoms with E-state index in [-0.39, 0.29) is 17.4 Å². The van der Waals surface area contributed by atoms with Gasteiger partial charge in [-0.2, -0.15) is 0 Å². The van der Waals surface area contributed by atoms with Crippen molar-refractivity contribution < 1.29 is 9.18 Å². The number of likely N-dealkylation sites (tertiary alicyclic amines) is 1. The van der Waals surface area contributed by atoms with E-state index in [0.717, 1.165) is 24.1 Å². The fourth-order valence-electron chi connectivity index (χ4n) is 3.28. The molecule has 7 heteroatoms. The minimum Gasteiger partial charge on any atom is -0.319 e. The number of anilines is 1. The quantitative estimate of drug-likeness (QED) is 0.940. The van der Waals surface area contributed by atoms with Gasteiger partial charge in [0.25, 0.3) is 0 Å². The van der Waals surface area contributed by atoms with Crippen molar-refractivity contribution in [2.75, 3.05) is 11.9 Å². The molecule has 0 unspecified atom stereocenters. The zero-order valence-corrected chi connectivity index (χ0v) is 14.2. The third-order valence-corrected chi connectivity index (χ3v) is 4.82. The van der Waals surface area contributed by atoms with Gasteiger partial charge >= 0.3 is 6.03 Å². The zero-order chi connectivity index (χ0) is 17.3. The normalized spacial score (nSPS) is 20.4. The Bertz CT molecular complexity index is 742. The summed E-state index contributed by atoms with van der Waals surface area (Å²) in [5.74, 6) is 0.238. The molecule has 2 aromatic rings. The van der Waals surface area contributed by atoms with Crippen LogP contribution in [-0.4, -0.2) is 38.0 Å². The molecule has 0 bridgehead atoms. The highest BCUT2D eigenvalue weighted by atomic mass is 19.1. The molecule has 0 spiro atoms. The van der Waals surface area contributed by atoms with Crippen molar-refractivity contribution in [1.82, 2.24) is 19.9 Å². The van der Waals surface area contributed by atoms with Crippen LogP contribution in [0.1, 0.15) is 31.0 Å². The molecule has 1 aliphatic rings. The van der Waals surface area contributed by atoms with Gasteiger partial charge in [-0.15, -0.1) is 5.10 Å². The van der Waals surface area contributed by atoms with E-state index in [1.807, 2.05) is 11.8 Å². The number of hydrogen-bond acceptors (Lipinski definition) is 3. The van der Waals surface area contributed by atoms with Crippen LogP contribution in [0, 0.1) is 12.7 Å². The molecule has 1 saturated heterocycles. The van der Waals surface area contributed by atoms with E-state index >= 15 is 0 Å². The number of amides is 2. The Morgan fingerprint density at radius 1 is 1.38 bits per heavy atom. The molecule has 0 radical (unpaired) electrons. The number of nitrogens with zero attached hydrogens (tertiary/aromatic N) is 4. The van der Waals surface area contributed by atoms with Gasteiger partial charge in [0, 0.05) is 19.1 Å². The van der Waals surface area contributed by atoms with E-state index in [4.69, 9.17) is 0 Å². The van der Waals surface area contributed by atoms with Gasteiger partial charge in [-0.25, -0.2) is 9.18 Å². The van der Waals surface area contributed by atoms with E-state index in [1.54, 1.807) is 23.9 Å². The van der Waals surface area contributed by atoms with Crippen molar-refractivity contribution in [3.63, 3.8) is 0 Å². The Balaban J connectivity index is 1.75. The van der Waals surface area contributed by atoms with Gasteiger partial charge in [0.2, 0.25) is 0 Å². The average molecular weight is 331 g/mol. The van der Waals surface area contributed by atoms with Crippen LogP contribution in [0.25, 0.3) is 0 Å². The first-order valence-corrected chi connectivity index (χ1v) is 8.08. The van der Waals surface area contributed by atoms with Crippen molar-refractivity contribution in [3.05, 3.63) is 41.3 Å². The first kappa shape index (κ1) is 16.4. The fourth-order valence-corrected chi connectivity index (χ4v) is 3.28. The molecule has 6 nitrogen and oxygen atoms in total. The van der Waals surface area contributed by atoms with Gasteiger partial charge < -0.3 is 4.90 Å². The van der Waals surface area contributed by atoms with Crippen LogP contribution in [0.5, 0.6) is 0 Å². The van der Waals surface area contributed by atoms with Gasteiger partial charge in [0.1, 0.15) is 5.82 Å². The number of nitrogens with one attached hydrogen (secondary N) is 1. The maximum absolute atomic E-state index is 13.1. The summed E-state index contributed by atoms with van der Waals surface area (Å²) in [6.45, 7) is 4.63. The highest BCUT2D eigenvalue weighted by Crippen LogP contribution is 2.33. The van der Waals surface area contributed by atoms with Gasteiger partial charge in [-0.3, -0.25) is 10.00 Å². The number of aromatic nitrogens is 3. The van der Waals surface area contributed by atoms with E-state index in [2.05, 4.69) is 22.6 Å². The van der Waals surface area contributed by atoms with E-state index in [1.165, 1.54) is 12.1 Å². The van der Waals surface area contributed by atoms with E-state index in [9.17, 15) is 9.18 Å². The number of halogens is 1. The summed E-state index contributed by atoms with van der Waals surface area (Å²) in [7, 11) is 1.78. The Kier molecular flexibility index (Phi) is 4.26. The Hall–Kier alpha value is -2.44. The molecule has 3 rings (SSSR count). The first-order chi connectivity index (χ1) is 11.4. The lowest BCUT2D eigenvalue weighted by Gasteiger charge is -2.35. The second-order valence-corrected chi connectivity index (χ2v) is 6.63. The number of aryl methyl sites for hydroxylation is 1. The van der Waals surface area contributed by atoms with Gasteiger partial charge in [0.05, 0.1) is 5.69 Å². The minimum atomic E-state index is -0.294. The molecule has 128 valence electrons. The molecule has 1 fully saturated rings. The van der Waals surface area contributed by atoms with Crippen molar-refractivity contribution in [2.45, 2.75) is 38.6 Å². The Morgan fingerprint density at radius 3 is 2.71 bits per heavy atom. The average Bonchev–Trinajstić information content (AvgIpc) is 3.07. The highest BCUT2D eigenvalue weighted by Gasteiger charge is 2.40. The molecule has 1 aromatic heterocycles. The van der Waals surface area contributed by atoms with Crippen LogP contribution in [-0.2, 0) is 13.5 Å². The van der Waals surface area contributed by atoms with E-state index < -0.39 is 0 Å². The first-order valence-electron chi connectivity index (χ1n) is 8.08. The summed E-state index contributed by atoms with van der Waals surface area (Å²) in [6, 6.07) is 6.31. The lowest BCUT2D eigenvalue weighted by atomic mass is 9.90. The van der Waals surface area contributed by atoms with Gasteiger partial charge in [-0.1, -0.05) is 17.3 Å². The van der Waals surface area contributed by atoms with Crippen LogP contribution < -0.4 is 5.32 Å². The third-order valence-electron chi connectivity index (χ3n) is 4.82. The van der Waals surface area contributed by atoms with E-state index in [0.29, 0.717) is 18.8 Å². The number of rotatable bonds is 3. The van der Waals surface area contributed by atoms with Crippen LogP contribution in [0.4, 0.5) is 15.0 Å². The van der Waals surface area contributed by atoms with Crippen LogP contribution in [0.15, 0.2) is 24.3 Å². The lowest BCUT2D eigenvalue weighted by molar-refractivity contribution is 0.167. The predicted octanol–water partition coefficient (Wildman–Crippen LogP) is 2.89. The molecule has 1 N–H and O–H groups in total. The summed E-state index contributed by atoms with van der Waals surface area (Å²) >= 11 is 0. The number of hydrogen-bond donors (Lipinski definition) is 1. The van der Waals surface area contributed by atoms with Crippen LogP contribution >= 0.6 is 0 Å². The van der Waals surface area contributed by atoms with Crippen molar-refractivity contribution in [1.29, 1.82) is 0 Å². The molecule has 1 aliphatic heterocycles. The number of carbonyl (C=O) groups excluding carboxylic acids is 1. The Labute approximate surface area is 140 Å². The molecule has 1 atom stereocenters. The summed E-state index contributed by atoms with van der Waals surface area (Å²) in [5, 5.41) is 10.7. The fraction of sp³-hybridized carbons (Fsp3) is 0.471. The molecule has 0 aliphatic carbocycles. The lowest BCUT2D eigenvalue weighted by Crippen LogP contribution is -2.48. The van der Waals surface area contributed by atoms with Gasteiger partial charge in [-0.05, 0) is 50.8 Å². The number of carbonyl (C=O) groups is 1. The number of urea groups is 1. The number of benzene rings is 1. The van der Waals surface area contributed by atoms with Crippen molar-refractivity contribution in [3.8, 4) is 0 Å². The molecular formula is C17H22FN5O. The van der Waals surface area contributed by atoms with Crippen molar-refractivity contribution in [2.24, 2.45) is 7.05 Å². The molecule has 2 heterocycles. The summed E-state index contributed by atoms with van der Waals surface area (Å²) in [6.07, 6.45) is 2.56. The molecule has 24 heavy (non-hydrogen) atoms.